The number of carbonyl (C=O) groups excluding carboxylic acids is 2. The molecule has 0 radical (unpaired) electrons. The molecule has 7 nitrogen and oxygen atoms in total. The molecule has 0 heterocycles. The molecule has 7 heteroatoms. The van der Waals surface area contributed by atoms with Crippen molar-refractivity contribution in [3.8, 4) is 0 Å². The summed E-state index contributed by atoms with van der Waals surface area (Å²) in [6.07, 6.45) is 3.59. The summed E-state index contributed by atoms with van der Waals surface area (Å²) >= 11 is 0. The summed E-state index contributed by atoms with van der Waals surface area (Å²) in [5.74, 6) is -7.54. The molecule has 2 rings (SSSR count). The Morgan fingerprint density at radius 3 is 1.40 bits per heavy atom. The predicted molar refractivity (Wildman–Crippen MR) is 86.4 cm³/mol. The number of carbonyl (C=O) groups is 4. The van der Waals surface area contributed by atoms with Crippen molar-refractivity contribution in [3.05, 3.63) is 0 Å². The van der Waals surface area contributed by atoms with Gasteiger partial charge in [0.25, 0.3) is 0 Å². The van der Waals surface area contributed by atoms with E-state index in [2.05, 4.69) is 0 Å². The average molecular weight is 354 g/mol. The molecule has 2 saturated carbocycles. The topological polar surface area (TPSA) is 118 Å². The quantitative estimate of drug-likeness (QED) is 0.587. The van der Waals surface area contributed by atoms with Gasteiger partial charge in [0.1, 0.15) is 0 Å². The fraction of sp³-hybridized carbons (Fsp3) is 0.778. The minimum atomic E-state index is -1.06. The van der Waals surface area contributed by atoms with Crippen molar-refractivity contribution in [1.29, 1.82) is 0 Å². The van der Waals surface area contributed by atoms with Gasteiger partial charge >= 0.3 is 23.9 Å². The highest BCUT2D eigenvalue weighted by molar-refractivity contribution is 5.92. The van der Waals surface area contributed by atoms with Crippen LogP contribution in [0.1, 0.15) is 52.4 Å². The van der Waals surface area contributed by atoms with Crippen LogP contribution in [0.15, 0.2) is 0 Å². The summed E-state index contributed by atoms with van der Waals surface area (Å²) in [5.41, 5.74) is 0. The highest BCUT2D eigenvalue weighted by atomic mass is 16.6. The zero-order valence-corrected chi connectivity index (χ0v) is 14.6. The summed E-state index contributed by atoms with van der Waals surface area (Å²) in [4.78, 5) is 47.8. The number of carboxylic acid groups (broad SMARTS) is 2. The third kappa shape index (κ3) is 4.19. The number of hydrogen-bond acceptors (Lipinski definition) is 5. The maximum Gasteiger partial charge on any atom is 0.317 e. The van der Waals surface area contributed by atoms with Gasteiger partial charge < -0.3 is 14.9 Å². The molecule has 0 saturated heterocycles. The molecule has 2 N–H and O–H groups in total. The Balaban J connectivity index is 2.09. The first-order chi connectivity index (χ1) is 11.7. The maximum absolute atomic E-state index is 12.4. The van der Waals surface area contributed by atoms with Crippen molar-refractivity contribution in [2.45, 2.75) is 52.4 Å². The first-order valence-corrected chi connectivity index (χ1v) is 8.95. The summed E-state index contributed by atoms with van der Waals surface area (Å²) < 4.78 is 4.98. The zero-order valence-electron chi connectivity index (χ0n) is 14.6. The van der Waals surface area contributed by atoms with Crippen molar-refractivity contribution < 1.29 is 34.1 Å². The molecule has 6 unspecified atom stereocenters. The standard InChI is InChI=1S/C18H26O7/c1-9-5-3-7-11(13(9)15(19)20)17(23)25-18(24)12-8-4-6-10(2)14(12)16(21)22/h9-14H,3-8H2,1-2H3,(H,19,20)(H,21,22). The molecule has 0 aromatic carbocycles. The molecule has 0 bridgehead atoms. The Bertz CT molecular complexity index is 508. The van der Waals surface area contributed by atoms with Gasteiger partial charge in [0.05, 0.1) is 23.7 Å². The van der Waals surface area contributed by atoms with Crippen molar-refractivity contribution in [2.75, 3.05) is 0 Å². The first-order valence-electron chi connectivity index (χ1n) is 8.95. The minimum absolute atomic E-state index is 0.166. The van der Waals surface area contributed by atoms with Crippen molar-refractivity contribution >= 4 is 23.9 Å². The van der Waals surface area contributed by atoms with E-state index in [0.717, 1.165) is 12.8 Å². The second kappa shape index (κ2) is 7.97. The van der Waals surface area contributed by atoms with Gasteiger partial charge in [-0.2, -0.15) is 0 Å². The van der Waals surface area contributed by atoms with Gasteiger partial charge in [-0.05, 0) is 37.5 Å². The van der Waals surface area contributed by atoms with Gasteiger partial charge in [0.15, 0.2) is 0 Å². The van der Waals surface area contributed by atoms with E-state index < -0.39 is 47.5 Å². The molecule has 2 aliphatic rings. The largest absolute Gasteiger partial charge is 0.481 e. The smallest absolute Gasteiger partial charge is 0.317 e. The number of rotatable bonds is 4. The summed E-state index contributed by atoms with van der Waals surface area (Å²) in [5, 5.41) is 18.8. The van der Waals surface area contributed by atoms with Crippen molar-refractivity contribution in [3.63, 3.8) is 0 Å². The normalized spacial score (nSPS) is 35.6. The van der Waals surface area contributed by atoms with E-state index >= 15 is 0 Å². The fourth-order valence-corrected chi connectivity index (χ4v) is 4.44. The maximum atomic E-state index is 12.4. The molecule has 6 atom stereocenters. The molecule has 2 fully saturated rings. The van der Waals surface area contributed by atoms with Gasteiger partial charge in [-0.25, -0.2) is 0 Å². The second-order valence-corrected chi connectivity index (χ2v) is 7.50. The third-order valence-electron chi connectivity index (χ3n) is 5.82. The van der Waals surface area contributed by atoms with E-state index in [1.54, 1.807) is 13.8 Å². The van der Waals surface area contributed by atoms with Gasteiger partial charge in [-0.1, -0.05) is 26.7 Å². The molecular weight excluding hydrogens is 328 g/mol. The number of hydrogen-bond donors (Lipinski definition) is 2. The number of esters is 2. The Labute approximate surface area is 146 Å². The van der Waals surface area contributed by atoms with Crippen LogP contribution in [0.3, 0.4) is 0 Å². The van der Waals surface area contributed by atoms with Gasteiger partial charge in [-0.15, -0.1) is 0 Å². The second-order valence-electron chi connectivity index (χ2n) is 7.50. The number of aliphatic carboxylic acids is 2. The van der Waals surface area contributed by atoms with Crippen LogP contribution < -0.4 is 0 Å². The van der Waals surface area contributed by atoms with E-state index in [0.29, 0.717) is 25.7 Å². The van der Waals surface area contributed by atoms with Crippen LogP contribution in [-0.2, 0) is 23.9 Å². The van der Waals surface area contributed by atoms with Crippen LogP contribution >= 0.6 is 0 Å². The van der Waals surface area contributed by atoms with Crippen molar-refractivity contribution in [2.24, 2.45) is 35.5 Å². The van der Waals surface area contributed by atoms with E-state index in [1.807, 2.05) is 0 Å². The SMILES string of the molecule is CC1CCCC(C(=O)OC(=O)C2CCCC(C)C2C(=O)O)C1C(=O)O. The highest BCUT2D eigenvalue weighted by Crippen LogP contribution is 2.38. The van der Waals surface area contributed by atoms with Crippen LogP contribution in [0, 0.1) is 35.5 Å². The van der Waals surface area contributed by atoms with Gasteiger partial charge in [0.2, 0.25) is 0 Å². The van der Waals surface area contributed by atoms with E-state index in [-0.39, 0.29) is 11.8 Å². The molecule has 25 heavy (non-hydrogen) atoms. The van der Waals surface area contributed by atoms with Gasteiger partial charge in [0, 0.05) is 0 Å². The zero-order chi connectivity index (χ0) is 18.7. The number of ether oxygens (including phenoxy) is 1. The first kappa shape index (κ1) is 19.4. The molecule has 0 aromatic rings. The molecule has 0 aromatic heterocycles. The van der Waals surface area contributed by atoms with E-state index in [1.165, 1.54) is 0 Å². The summed E-state index contributed by atoms with van der Waals surface area (Å²) in [7, 11) is 0. The lowest BCUT2D eigenvalue weighted by atomic mass is 9.72. The lowest BCUT2D eigenvalue weighted by Gasteiger charge is -2.34. The highest BCUT2D eigenvalue weighted by Gasteiger charge is 2.45. The van der Waals surface area contributed by atoms with Crippen molar-refractivity contribution in [1.82, 2.24) is 0 Å². The Morgan fingerprint density at radius 1 is 0.720 bits per heavy atom. The van der Waals surface area contributed by atoms with Crippen LogP contribution in [0.25, 0.3) is 0 Å². The molecule has 140 valence electrons. The molecule has 0 amide bonds. The lowest BCUT2D eigenvalue weighted by molar-refractivity contribution is -0.176. The summed E-state index contributed by atoms with van der Waals surface area (Å²) in [6.45, 7) is 3.56. The molecule has 2 aliphatic carbocycles. The monoisotopic (exact) mass is 354 g/mol. The predicted octanol–water partition coefficient (Wildman–Crippen LogP) is 2.33. The minimum Gasteiger partial charge on any atom is -0.481 e. The lowest BCUT2D eigenvalue weighted by Crippen LogP contribution is -2.42. The third-order valence-corrected chi connectivity index (χ3v) is 5.82. The molecule has 0 spiro atoms. The Morgan fingerprint density at radius 2 is 1.08 bits per heavy atom. The molecular formula is C18H26O7. The van der Waals surface area contributed by atoms with Gasteiger partial charge in [-0.3, -0.25) is 19.2 Å². The van der Waals surface area contributed by atoms with Crippen LogP contribution in [0.2, 0.25) is 0 Å². The van der Waals surface area contributed by atoms with E-state index in [4.69, 9.17) is 4.74 Å². The van der Waals surface area contributed by atoms with Crippen LogP contribution in [-0.4, -0.2) is 34.1 Å². The average Bonchev–Trinajstić information content (AvgIpc) is 2.53. The Hall–Kier alpha value is -1.92. The van der Waals surface area contributed by atoms with Crippen LogP contribution in [0.5, 0.6) is 0 Å². The van der Waals surface area contributed by atoms with E-state index in [9.17, 15) is 29.4 Å². The number of carboxylic acids is 2. The Kier molecular flexibility index (Phi) is 6.19. The molecule has 0 aliphatic heterocycles. The fourth-order valence-electron chi connectivity index (χ4n) is 4.44. The summed E-state index contributed by atoms with van der Waals surface area (Å²) in [6, 6.07) is 0. The van der Waals surface area contributed by atoms with Crippen LogP contribution in [0.4, 0.5) is 0 Å².